The average Bonchev–Trinajstić information content (AvgIpc) is 3.01. The largest absolute Gasteiger partial charge is 0.422 e. The molecule has 0 atom stereocenters. The van der Waals surface area contributed by atoms with Crippen LogP contribution < -0.4 is 15.0 Å². The Morgan fingerprint density at radius 1 is 0.886 bits per heavy atom. The number of esters is 1. The Morgan fingerprint density at radius 3 is 2.14 bits per heavy atom. The summed E-state index contributed by atoms with van der Waals surface area (Å²) in [7, 11) is 0. The van der Waals surface area contributed by atoms with Crippen LogP contribution in [0.4, 0.5) is 11.4 Å². The van der Waals surface area contributed by atoms with E-state index in [-0.39, 0.29) is 10.7 Å². The molecule has 1 heterocycles. The Morgan fingerprint density at radius 2 is 1.51 bits per heavy atom. The van der Waals surface area contributed by atoms with Gasteiger partial charge < -0.3 is 10.1 Å². The molecule has 0 spiro atoms. The van der Waals surface area contributed by atoms with E-state index in [0.29, 0.717) is 22.7 Å². The molecule has 6 nitrogen and oxygen atoms in total. The van der Waals surface area contributed by atoms with Crippen molar-refractivity contribution in [2.45, 2.75) is 27.7 Å². The van der Waals surface area contributed by atoms with Crippen molar-refractivity contribution >= 4 is 56.7 Å². The highest BCUT2D eigenvalue weighted by atomic mass is 79.9. The van der Waals surface area contributed by atoms with Crippen molar-refractivity contribution in [3.05, 3.63) is 97.6 Å². The van der Waals surface area contributed by atoms with Crippen molar-refractivity contribution < 1.29 is 19.1 Å². The first-order valence-electron chi connectivity index (χ1n) is 10.8. The maximum absolute atomic E-state index is 13.1. The topological polar surface area (TPSA) is 75.7 Å². The van der Waals surface area contributed by atoms with E-state index in [1.165, 1.54) is 0 Å². The van der Waals surface area contributed by atoms with Gasteiger partial charge in [0.1, 0.15) is 16.5 Å². The van der Waals surface area contributed by atoms with Gasteiger partial charge >= 0.3 is 5.97 Å². The molecule has 0 saturated heterocycles. The molecule has 0 bridgehead atoms. The van der Waals surface area contributed by atoms with Gasteiger partial charge in [-0.25, -0.2) is 9.69 Å². The van der Waals surface area contributed by atoms with Gasteiger partial charge in [-0.15, -0.1) is 0 Å². The number of benzene rings is 3. The molecule has 0 fully saturated rings. The van der Waals surface area contributed by atoms with Crippen molar-refractivity contribution in [2.24, 2.45) is 0 Å². The summed E-state index contributed by atoms with van der Waals surface area (Å²) < 4.78 is 6.52. The quantitative estimate of drug-likeness (QED) is 0.227. The van der Waals surface area contributed by atoms with E-state index >= 15 is 0 Å². The zero-order valence-corrected chi connectivity index (χ0v) is 21.9. The van der Waals surface area contributed by atoms with Crippen LogP contribution in [0.2, 0.25) is 0 Å². The summed E-state index contributed by atoms with van der Waals surface area (Å²) in [4.78, 5) is 39.6. The van der Waals surface area contributed by atoms with Crippen LogP contribution in [0.15, 0.2) is 69.8 Å². The molecule has 0 unspecified atom stereocenters. The molecular weight excluding hydrogens is 532 g/mol. The van der Waals surface area contributed by atoms with E-state index in [9.17, 15) is 14.4 Å². The SMILES string of the molecule is Cc1ccc(C)c(N2C(=O)C(Cl)=C(Nc3ccc(C(=O)Oc4c(C)cc(Br)cc4C)cc3)C2=O)c1. The van der Waals surface area contributed by atoms with Gasteiger partial charge in [-0.3, -0.25) is 9.59 Å². The van der Waals surface area contributed by atoms with Crippen molar-refractivity contribution in [1.29, 1.82) is 0 Å². The molecule has 0 saturated carbocycles. The Balaban J connectivity index is 1.51. The van der Waals surface area contributed by atoms with E-state index in [4.69, 9.17) is 16.3 Å². The lowest BCUT2D eigenvalue weighted by molar-refractivity contribution is -0.120. The van der Waals surface area contributed by atoms with Crippen LogP contribution in [-0.4, -0.2) is 17.8 Å². The van der Waals surface area contributed by atoms with Gasteiger partial charge in [-0.2, -0.15) is 0 Å². The summed E-state index contributed by atoms with van der Waals surface area (Å²) >= 11 is 9.68. The lowest BCUT2D eigenvalue weighted by Gasteiger charge is -2.18. The second-order valence-electron chi connectivity index (χ2n) is 8.39. The number of anilines is 2. The number of halogens is 2. The summed E-state index contributed by atoms with van der Waals surface area (Å²) in [5, 5.41) is 2.73. The standard InChI is InChI=1S/C27H22BrClN2O4/c1-14-5-6-15(2)21(11-14)31-25(32)22(29)23(26(31)33)30-20-9-7-18(8-10-20)27(34)35-24-16(3)12-19(28)13-17(24)4/h5-13,30H,1-4H3. The molecule has 3 aromatic rings. The third-order valence-electron chi connectivity index (χ3n) is 5.64. The number of carbonyl (C=O) groups is 3. The van der Waals surface area contributed by atoms with Gasteiger partial charge in [0.25, 0.3) is 11.8 Å². The molecule has 178 valence electrons. The van der Waals surface area contributed by atoms with Gasteiger partial charge in [-0.05, 0) is 92.4 Å². The van der Waals surface area contributed by atoms with Crippen LogP contribution in [-0.2, 0) is 9.59 Å². The summed E-state index contributed by atoms with van der Waals surface area (Å²) in [5.41, 5.74) is 4.67. The Kier molecular flexibility index (Phi) is 6.83. The highest BCUT2D eigenvalue weighted by Crippen LogP contribution is 2.33. The van der Waals surface area contributed by atoms with Gasteiger partial charge in [0, 0.05) is 10.2 Å². The predicted molar refractivity (Wildman–Crippen MR) is 140 cm³/mol. The molecule has 0 aromatic heterocycles. The van der Waals surface area contributed by atoms with Gasteiger partial charge in [0.05, 0.1) is 11.3 Å². The zero-order chi connectivity index (χ0) is 25.4. The van der Waals surface area contributed by atoms with Crippen molar-refractivity contribution in [2.75, 3.05) is 10.2 Å². The van der Waals surface area contributed by atoms with Crippen LogP contribution in [0, 0.1) is 27.7 Å². The number of amides is 2. The normalized spacial score (nSPS) is 13.5. The second-order valence-corrected chi connectivity index (χ2v) is 9.68. The number of hydrogen-bond acceptors (Lipinski definition) is 5. The zero-order valence-electron chi connectivity index (χ0n) is 19.5. The molecule has 35 heavy (non-hydrogen) atoms. The molecule has 1 N–H and O–H groups in total. The monoisotopic (exact) mass is 552 g/mol. The molecule has 0 radical (unpaired) electrons. The van der Waals surface area contributed by atoms with Crippen LogP contribution in [0.3, 0.4) is 0 Å². The molecular formula is C27H22BrClN2O4. The number of carbonyl (C=O) groups excluding carboxylic acids is 3. The minimum absolute atomic E-state index is 0.0194. The lowest BCUT2D eigenvalue weighted by atomic mass is 10.1. The average molecular weight is 554 g/mol. The highest BCUT2D eigenvalue weighted by Gasteiger charge is 2.39. The first kappa shape index (κ1) is 24.7. The van der Waals surface area contributed by atoms with Crippen LogP contribution in [0.25, 0.3) is 0 Å². The smallest absolute Gasteiger partial charge is 0.343 e. The van der Waals surface area contributed by atoms with Crippen molar-refractivity contribution in [3.8, 4) is 5.75 Å². The van der Waals surface area contributed by atoms with Gasteiger partial charge in [0.15, 0.2) is 0 Å². The first-order valence-corrected chi connectivity index (χ1v) is 12.0. The molecule has 2 amide bonds. The van der Waals surface area contributed by atoms with Crippen LogP contribution in [0.1, 0.15) is 32.6 Å². The maximum atomic E-state index is 13.1. The molecule has 4 rings (SSSR count). The molecule has 8 heteroatoms. The Labute approximate surface area is 216 Å². The summed E-state index contributed by atoms with van der Waals surface area (Å²) in [6.07, 6.45) is 0. The predicted octanol–water partition coefficient (Wildman–Crippen LogP) is 6.34. The third-order valence-corrected chi connectivity index (χ3v) is 6.45. The first-order chi connectivity index (χ1) is 16.6. The van der Waals surface area contributed by atoms with Crippen molar-refractivity contribution in [1.82, 2.24) is 0 Å². The number of ether oxygens (including phenoxy) is 1. The van der Waals surface area contributed by atoms with Crippen LogP contribution >= 0.6 is 27.5 Å². The number of hydrogen-bond donors (Lipinski definition) is 1. The van der Waals surface area contributed by atoms with E-state index in [1.807, 2.05) is 52.0 Å². The van der Waals surface area contributed by atoms with Crippen molar-refractivity contribution in [3.63, 3.8) is 0 Å². The Hall–Kier alpha value is -3.42. The lowest BCUT2D eigenvalue weighted by Crippen LogP contribution is -2.32. The van der Waals surface area contributed by atoms with Crippen LogP contribution in [0.5, 0.6) is 5.75 Å². The molecule has 1 aliphatic rings. The fraction of sp³-hybridized carbons (Fsp3) is 0.148. The second kappa shape index (κ2) is 9.68. The molecule has 1 aliphatic heterocycles. The van der Waals surface area contributed by atoms with Gasteiger partial charge in [0.2, 0.25) is 0 Å². The fourth-order valence-corrected chi connectivity index (χ4v) is 4.73. The highest BCUT2D eigenvalue weighted by molar-refractivity contribution is 9.10. The number of rotatable bonds is 5. The number of imide groups is 1. The van der Waals surface area contributed by atoms with Gasteiger partial charge in [-0.1, -0.05) is 39.7 Å². The molecule has 0 aliphatic carbocycles. The summed E-state index contributed by atoms with van der Waals surface area (Å²) in [6, 6.07) is 15.7. The number of nitrogens with one attached hydrogen (secondary N) is 1. The summed E-state index contributed by atoms with van der Waals surface area (Å²) in [5.74, 6) is -1.12. The summed E-state index contributed by atoms with van der Waals surface area (Å²) in [6.45, 7) is 7.44. The van der Waals surface area contributed by atoms with E-state index in [0.717, 1.165) is 31.6 Å². The third kappa shape index (κ3) is 4.88. The number of nitrogens with zero attached hydrogens (tertiary/aromatic N) is 1. The fourth-order valence-electron chi connectivity index (χ4n) is 3.83. The minimum atomic E-state index is -0.590. The number of aryl methyl sites for hydroxylation is 4. The maximum Gasteiger partial charge on any atom is 0.343 e. The van der Waals surface area contributed by atoms with E-state index < -0.39 is 17.8 Å². The van der Waals surface area contributed by atoms with E-state index in [2.05, 4.69) is 21.2 Å². The van der Waals surface area contributed by atoms with E-state index in [1.54, 1.807) is 30.3 Å². The molecule has 3 aromatic carbocycles. The Bertz CT molecular complexity index is 1390. The minimum Gasteiger partial charge on any atom is -0.422 e.